The van der Waals surface area contributed by atoms with Crippen molar-refractivity contribution in [1.82, 2.24) is 14.5 Å². The molecule has 1 amide bonds. The average molecular weight is 620 g/mol. The SMILES string of the molecule is COc1ccc(S(=O)(=O)N2CCCCC2COCC(=O)NCC2CCC(C(c3ccc(F)cc3)N(C)C)CC2)c(OC)c1. The fourth-order valence-electron chi connectivity index (χ4n) is 6.53. The summed E-state index contributed by atoms with van der Waals surface area (Å²) in [4.78, 5) is 14.9. The Kier molecular flexibility index (Phi) is 11.8. The summed E-state index contributed by atoms with van der Waals surface area (Å²) in [5, 5.41) is 3.01. The number of piperidine rings is 1. The zero-order chi connectivity index (χ0) is 31.0. The van der Waals surface area contributed by atoms with E-state index >= 15 is 0 Å². The van der Waals surface area contributed by atoms with Crippen molar-refractivity contribution in [3.8, 4) is 11.5 Å². The third-order valence-electron chi connectivity index (χ3n) is 8.77. The van der Waals surface area contributed by atoms with Gasteiger partial charge in [0.1, 0.15) is 28.8 Å². The minimum atomic E-state index is -3.84. The maximum absolute atomic E-state index is 13.6. The maximum atomic E-state index is 13.6. The normalized spacial score (nSPS) is 22.2. The molecule has 4 rings (SSSR count). The van der Waals surface area contributed by atoms with Gasteiger partial charge in [-0.1, -0.05) is 18.6 Å². The molecule has 11 heteroatoms. The highest BCUT2D eigenvalue weighted by atomic mass is 32.2. The lowest BCUT2D eigenvalue weighted by Gasteiger charge is -2.37. The highest BCUT2D eigenvalue weighted by Crippen LogP contribution is 2.39. The number of rotatable bonds is 13. The van der Waals surface area contributed by atoms with Gasteiger partial charge in [-0.15, -0.1) is 0 Å². The van der Waals surface area contributed by atoms with Crippen molar-refractivity contribution < 1.29 is 31.8 Å². The van der Waals surface area contributed by atoms with Crippen LogP contribution in [0.4, 0.5) is 4.39 Å². The molecule has 2 aliphatic rings. The van der Waals surface area contributed by atoms with Crippen molar-refractivity contribution in [3.63, 3.8) is 0 Å². The van der Waals surface area contributed by atoms with E-state index in [2.05, 4.69) is 24.3 Å². The number of ether oxygens (including phenoxy) is 3. The molecule has 238 valence electrons. The Hall–Kier alpha value is -2.73. The van der Waals surface area contributed by atoms with Gasteiger partial charge in [0.2, 0.25) is 15.9 Å². The Bertz CT molecular complexity index is 1300. The molecule has 0 aromatic heterocycles. The van der Waals surface area contributed by atoms with E-state index in [0.29, 0.717) is 37.1 Å². The standard InChI is InChI=1S/C32H46FN3O6S/c1-35(2)32(25-12-14-26(33)15-13-25)24-10-8-23(9-11-24)20-34-31(37)22-42-21-27-7-5-6-18-36(27)43(38,39)30-17-16-28(40-3)19-29(30)41-4/h12-17,19,23-24,27,32H,5-11,18,20-22H2,1-4H3,(H,34,37). The number of sulfonamides is 1. The van der Waals surface area contributed by atoms with E-state index in [1.807, 2.05) is 12.1 Å². The van der Waals surface area contributed by atoms with Crippen molar-refractivity contribution >= 4 is 15.9 Å². The summed E-state index contributed by atoms with van der Waals surface area (Å²) in [7, 11) is 3.25. The van der Waals surface area contributed by atoms with Crippen LogP contribution in [0.2, 0.25) is 0 Å². The minimum Gasteiger partial charge on any atom is -0.497 e. The third kappa shape index (κ3) is 8.47. The number of amides is 1. The van der Waals surface area contributed by atoms with Crippen LogP contribution in [0.15, 0.2) is 47.4 Å². The smallest absolute Gasteiger partial charge is 0.247 e. The lowest BCUT2D eigenvalue weighted by molar-refractivity contribution is -0.126. The molecular formula is C32H46FN3O6S. The van der Waals surface area contributed by atoms with Gasteiger partial charge in [-0.3, -0.25) is 4.79 Å². The molecule has 1 N–H and O–H groups in total. The number of hydrogen-bond acceptors (Lipinski definition) is 7. The first kappa shape index (κ1) is 33.2. The Morgan fingerprint density at radius 1 is 1.02 bits per heavy atom. The van der Waals surface area contributed by atoms with E-state index in [1.165, 1.54) is 36.7 Å². The van der Waals surface area contributed by atoms with Gasteiger partial charge in [-0.25, -0.2) is 12.8 Å². The molecule has 2 fully saturated rings. The summed E-state index contributed by atoms with van der Waals surface area (Å²) >= 11 is 0. The van der Waals surface area contributed by atoms with Crippen LogP contribution in [0.25, 0.3) is 0 Å². The summed E-state index contributed by atoms with van der Waals surface area (Å²) in [5.41, 5.74) is 1.13. The second-order valence-electron chi connectivity index (χ2n) is 11.8. The molecule has 1 saturated heterocycles. The van der Waals surface area contributed by atoms with Crippen LogP contribution in [0.1, 0.15) is 56.6 Å². The monoisotopic (exact) mass is 619 g/mol. The second-order valence-corrected chi connectivity index (χ2v) is 13.7. The number of hydrogen-bond donors (Lipinski definition) is 1. The third-order valence-corrected chi connectivity index (χ3v) is 10.8. The van der Waals surface area contributed by atoms with Gasteiger partial charge in [-0.05, 0) is 94.3 Å². The molecule has 2 aromatic carbocycles. The zero-order valence-electron chi connectivity index (χ0n) is 25.8. The number of benzene rings is 2. The van der Waals surface area contributed by atoms with Crippen molar-refractivity contribution in [2.24, 2.45) is 11.8 Å². The van der Waals surface area contributed by atoms with Crippen LogP contribution in [-0.2, 0) is 19.6 Å². The van der Waals surface area contributed by atoms with Gasteiger partial charge in [0.25, 0.3) is 0 Å². The largest absolute Gasteiger partial charge is 0.497 e. The molecule has 0 radical (unpaired) electrons. The quantitative estimate of drug-likeness (QED) is 0.349. The zero-order valence-corrected chi connectivity index (χ0v) is 26.6. The van der Waals surface area contributed by atoms with Gasteiger partial charge < -0.3 is 24.4 Å². The topological polar surface area (TPSA) is 97.4 Å². The summed E-state index contributed by atoms with van der Waals surface area (Å²) in [6, 6.07) is 11.4. The highest BCUT2D eigenvalue weighted by Gasteiger charge is 2.36. The lowest BCUT2D eigenvalue weighted by atomic mass is 9.76. The minimum absolute atomic E-state index is 0.0877. The predicted molar refractivity (Wildman–Crippen MR) is 163 cm³/mol. The first-order valence-corrected chi connectivity index (χ1v) is 16.6. The number of nitrogens with one attached hydrogen (secondary N) is 1. The van der Waals surface area contributed by atoms with Gasteiger partial charge in [-0.2, -0.15) is 4.31 Å². The predicted octanol–water partition coefficient (Wildman–Crippen LogP) is 4.63. The van der Waals surface area contributed by atoms with Crippen molar-refractivity contribution in [2.75, 3.05) is 54.6 Å². The summed E-state index contributed by atoms with van der Waals surface area (Å²) in [6.45, 7) is 1.01. The van der Waals surface area contributed by atoms with Gasteiger partial charge in [0, 0.05) is 31.2 Å². The first-order chi connectivity index (χ1) is 20.6. The van der Waals surface area contributed by atoms with Gasteiger partial charge >= 0.3 is 0 Å². The van der Waals surface area contributed by atoms with Crippen LogP contribution in [0, 0.1) is 17.7 Å². The molecule has 1 heterocycles. The van der Waals surface area contributed by atoms with E-state index in [0.717, 1.165) is 44.1 Å². The Morgan fingerprint density at radius 2 is 1.74 bits per heavy atom. The number of methoxy groups -OCH3 is 2. The summed E-state index contributed by atoms with van der Waals surface area (Å²) in [6.07, 6.45) is 6.43. The van der Waals surface area contributed by atoms with Crippen LogP contribution in [0.5, 0.6) is 11.5 Å². The fraction of sp³-hybridized carbons (Fsp3) is 0.594. The molecule has 1 aliphatic carbocycles. The number of nitrogens with zero attached hydrogens (tertiary/aromatic N) is 2. The molecule has 2 atom stereocenters. The van der Waals surface area contributed by atoms with Gasteiger partial charge in [0.15, 0.2) is 0 Å². The lowest BCUT2D eigenvalue weighted by Crippen LogP contribution is -2.46. The molecule has 9 nitrogen and oxygen atoms in total. The second kappa shape index (κ2) is 15.3. The van der Waals surface area contributed by atoms with E-state index in [-0.39, 0.29) is 47.7 Å². The summed E-state index contributed by atoms with van der Waals surface area (Å²) in [5.74, 6) is 1.20. The number of carbonyl (C=O) groups excluding carboxylic acids is 1. The van der Waals surface area contributed by atoms with Crippen LogP contribution < -0.4 is 14.8 Å². The Balaban J connectivity index is 1.24. The van der Waals surface area contributed by atoms with Crippen molar-refractivity contribution in [2.45, 2.75) is 61.9 Å². The van der Waals surface area contributed by atoms with E-state index in [1.54, 1.807) is 12.1 Å². The molecule has 43 heavy (non-hydrogen) atoms. The first-order valence-electron chi connectivity index (χ1n) is 15.1. The van der Waals surface area contributed by atoms with E-state index < -0.39 is 10.0 Å². The van der Waals surface area contributed by atoms with Crippen LogP contribution >= 0.6 is 0 Å². The Morgan fingerprint density at radius 3 is 2.40 bits per heavy atom. The van der Waals surface area contributed by atoms with Gasteiger partial charge in [0.05, 0.1) is 20.8 Å². The molecule has 2 aromatic rings. The van der Waals surface area contributed by atoms with E-state index in [4.69, 9.17) is 14.2 Å². The molecule has 0 spiro atoms. The molecule has 2 unspecified atom stereocenters. The highest BCUT2D eigenvalue weighted by molar-refractivity contribution is 7.89. The average Bonchev–Trinajstić information content (AvgIpc) is 3.01. The Labute approximate surface area is 255 Å². The maximum Gasteiger partial charge on any atom is 0.247 e. The molecule has 1 saturated carbocycles. The fourth-order valence-corrected chi connectivity index (χ4v) is 8.35. The number of halogens is 1. The van der Waals surface area contributed by atoms with Crippen LogP contribution in [0.3, 0.4) is 0 Å². The van der Waals surface area contributed by atoms with Crippen molar-refractivity contribution in [1.29, 1.82) is 0 Å². The number of carbonyl (C=O) groups is 1. The van der Waals surface area contributed by atoms with Crippen LogP contribution in [-0.4, -0.2) is 84.2 Å². The van der Waals surface area contributed by atoms with E-state index in [9.17, 15) is 17.6 Å². The molecule has 1 aliphatic heterocycles. The van der Waals surface area contributed by atoms with Crippen molar-refractivity contribution in [3.05, 3.63) is 53.8 Å². The molecular weight excluding hydrogens is 573 g/mol. The summed E-state index contributed by atoms with van der Waals surface area (Å²) < 4.78 is 58.5. The molecule has 0 bridgehead atoms.